The van der Waals surface area contributed by atoms with E-state index in [1.54, 1.807) is 49.7 Å². The van der Waals surface area contributed by atoms with E-state index in [2.05, 4.69) is 30.8 Å². The molecular formula is C34H35ClN6O6. The summed E-state index contributed by atoms with van der Waals surface area (Å²) in [6.07, 6.45) is 4.74. The molecule has 0 spiro atoms. The monoisotopic (exact) mass is 658 g/mol. The lowest BCUT2D eigenvalue weighted by atomic mass is 10.1. The predicted molar refractivity (Wildman–Crippen MR) is 180 cm³/mol. The number of amides is 2. The number of carbonyl (C=O) groups is 2. The molecule has 5 rings (SSSR count). The summed E-state index contributed by atoms with van der Waals surface area (Å²) in [6, 6.07) is 20.5. The number of imide groups is 1. The Morgan fingerprint density at radius 1 is 1.00 bits per heavy atom. The van der Waals surface area contributed by atoms with Gasteiger partial charge in [0.1, 0.15) is 36.3 Å². The maximum Gasteiger partial charge on any atom is 0.250 e. The highest BCUT2D eigenvalue weighted by Gasteiger charge is 2.15. The van der Waals surface area contributed by atoms with Crippen molar-refractivity contribution >= 4 is 53.1 Å². The molecule has 0 unspecified atom stereocenters. The number of hydrogen-bond donors (Lipinski definition) is 3. The SMILES string of the molecule is COc1cc(OCCN2CCOCC2)c(C=CC(=O)NC=O)cc1Nc1nccc(Nc2ccc(OCc3ccccc3)c(Cl)c2)n1. The van der Waals surface area contributed by atoms with Crippen molar-refractivity contribution in [1.82, 2.24) is 20.2 Å². The minimum absolute atomic E-state index is 0.289. The summed E-state index contributed by atoms with van der Waals surface area (Å²) in [5, 5.41) is 8.98. The zero-order chi connectivity index (χ0) is 32.8. The average molecular weight is 659 g/mol. The van der Waals surface area contributed by atoms with E-state index >= 15 is 0 Å². The topological polar surface area (TPSA) is 136 Å². The van der Waals surface area contributed by atoms with Crippen LogP contribution in [0.25, 0.3) is 6.08 Å². The normalized spacial score (nSPS) is 13.1. The number of aromatic nitrogens is 2. The first-order valence-corrected chi connectivity index (χ1v) is 15.3. The van der Waals surface area contributed by atoms with Gasteiger partial charge in [0, 0.05) is 49.2 Å². The van der Waals surface area contributed by atoms with Crippen molar-refractivity contribution in [3.05, 3.63) is 95.2 Å². The Morgan fingerprint density at radius 2 is 1.83 bits per heavy atom. The van der Waals surface area contributed by atoms with Crippen LogP contribution in [0.2, 0.25) is 5.02 Å². The van der Waals surface area contributed by atoms with Gasteiger partial charge in [0.25, 0.3) is 0 Å². The van der Waals surface area contributed by atoms with Crippen LogP contribution in [0.15, 0.2) is 79.0 Å². The average Bonchev–Trinajstić information content (AvgIpc) is 3.09. The van der Waals surface area contributed by atoms with Crippen molar-refractivity contribution in [2.45, 2.75) is 6.61 Å². The Hall–Kier alpha value is -5.17. The van der Waals surface area contributed by atoms with E-state index in [9.17, 15) is 9.59 Å². The Morgan fingerprint density at radius 3 is 2.60 bits per heavy atom. The van der Waals surface area contributed by atoms with Crippen LogP contribution in [0.4, 0.5) is 23.1 Å². The van der Waals surface area contributed by atoms with Gasteiger partial charge in [0.05, 0.1) is 31.0 Å². The van der Waals surface area contributed by atoms with E-state index in [0.29, 0.717) is 84.4 Å². The maximum atomic E-state index is 12.0. The Labute approximate surface area is 277 Å². The van der Waals surface area contributed by atoms with E-state index in [0.717, 1.165) is 18.7 Å². The van der Waals surface area contributed by atoms with Crippen molar-refractivity contribution in [3.63, 3.8) is 0 Å². The van der Waals surface area contributed by atoms with Crippen LogP contribution in [-0.4, -0.2) is 73.7 Å². The van der Waals surface area contributed by atoms with Gasteiger partial charge in [-0.2, -0.15) is 4.98 Å². The molecule has 2 amide bonds. The Bertz CT molecular complexity index is 1680. The smallest absolute Gasteiger partial charge is 0.250 e. The van der Waals surface area contributed by atoms with Crippen LogP contribution in [0, 0.1) is 0 Å². The minimum atomic E-state index is -0.567. The Balaban J connectivity index is 1.29. The molecule has 0 saturated carbocycles. The van der Waals surface area contributed by atoms with Crippen LogP contribution >= 0.6 is 11.6 Å². The molecule has 1 saturated heterocycles. The molecule has 12 nitrogen and oxygen atoms in total. The number of ether oxygens (including phenoxy) is 4. The standard InChI is InChI=1S/C34H35ClN6O6/c1-44-31-21-30(46-18-15-41-13-16-45-17-14-41)25(7-10-33(43)37-23-42)19-28(31)39-34-36-12-11-32(40-34)38-26-8-9-29(27(35)20-26)47-22-24-5-3-2-4-6-24/h2-12,19-21,23H,13-18,22H2,1H3,(H,37,42,43)(H2,36,38,39,40). The minimum Gasteiger partial charge on any atom is -0.494 e. The van der Waals surface area contributed by atoms with Crippen LogP contribution in [-0.2, 0) is 20.9 Å². The van der Waals surface area contributed by atoms with Gasteiger partial charge >= 0.3 is 0 Å². The lowest BCUT2D eigenvalue weighted by Gasteiger charge is -2.26. The van der Waals surface area contributed by atoms with Crippen LogP contribution in [0.3, 0.4) is 0 Å². The fourth-order valence-corrected chi connectivity index (χ4v) is 4.90. The maximum absolute atomic E-state index is 12.0. The fraction of sp³-hybridized carbons (Fsp3) is 0.235. The third kappa shape index (κ3) is 9.91. The second-order valence-electron chi connectivity index (χ2n) is 10.3. The highest BCUT2D eigenvalue weighted by molar-refractivity contribution is 6.32. The highest BCUT2D eigenvalue weighted by atomic mass is 35.5. The number of anilines is 4. The van der Waals surface area contributed by atoms with Gasteiger partial charge in [-0.15, -0.1) is 0 Å². The summed E-state index contributed by atoms with van der Waals surface area (Å²) in [7, 11) is 1.54. The first kappa shape index (κ1) is 33.2. The number of halogens is 1. The Kier molecular flexibility index (Phi) is 12.0. The van der Waals surface area contributed by atoms with Gasteiger partial charge in [0.2, 0.25) is 18.3 Å². The number of methoxy groups -OCH3 is 1. The number of morpholine rings is 1. The van der Waals surface area contributed by atoms with Crippen LogP contribution in [0.5, 0.6) is 17.2 Å². The molecule has 1 aliphatic heterocycles. The van der Waals surface area contributed by atoms with E-state index in [4.69, 9.17) is 30.5 Å². The molecule has 3 N–H and O–H groups in total. The second kappa shape index (κ2) is 16.9. The van der Waals surface area contributed by atoms with Gasteiger partial charge in [-0.3, -0.25) is 19.8 Å². The molecule has 2 heterocycles. The number of carbonyl (C=O) groups excluding carboxylic acids is 2. The summed E-state index contributed by atoms with van der Waals surface area (Å²) in [5.41, 5.74) is 2.86. The molecule has 3 aromatic carbocycles. The molecule has 0 radical (unpaired) electrons. The molecule has 47 heavy (non-hydrogen) atoms. The largest absolute Gasteiger partial charge is 0.494 e. The quantitative estimate of drug-likeness (QED) is 0.115. The third-order valence-electron chi connectivity index (χ3n) is 7.06. The molecule has 0 atom stereocenters. The zero-order valence-electron chi connectivity index (χ0n) is 25.8. The van der Waals surface area contributed by atoms with E-state index in [-0.39, 0.29) is 5.95 Å². The summed E-state index contributed by atoms with van der Waals surface area (Å²) in [4.78, 5) is 33.9. The lowest BCUT2D eigenvalue weighted by Crippen LogP contribution is -2.38. The van der Waals surface area contributed by atoms with Gasteiger partial charge in [-0.05, 0) is 42.0 Å². The molecule has 0 aliphatic carbocycles. The molecule has 244 valence electrons. The van der Waals surface area contributed by atoms with Gasteiger partial charge in [0.15, 0.2) is 0 Å². The molecule has 0 bridgehead atoms. The van der Waals surface area contributed by atoms with Crippen molar-refractivity contribution in [2.24, 2.45) is 0 Å². The highest BCUT2D eigenvalue weighted by Crippen LogP contribution is 2.36. The third-order valence-corrected chi connectivity index (χ3v) is 7.36. The van der Waals surface area contributed by atoms with Crippen molar-refractivity contribution in [2.75, 3.05) is 57.2 Å². The predicted octanol–water partition coefficient (Wildman–Crippen LogP) is 5.20. The van der Waals surface area contributed by atoms with E-state index in [1.807, 2.05) is 36.4 Å². The van der Waals surface area contributed by atoms with Gasteiger partial charge < -0.3 is 29.6 Å². The molecule has 1 aliphatic rings. The molecule has 1 aromatic heterocycles. The van der Waals surface area contributed by atoms with Crippen molar-refractivity contribution in [1.29, 1.82) is 0 Å². The molecule has 13 heteroatoms. The summed E-state index contributed by atoms with van der Waals surface area (Å²) < 4.78 is 23.1. The van der Waals surface area contributed by atoms with Crippen LogP contribution < -0.4 is 30.2 Å². The number of hydrogen-bond acceptors (Lipinski definition) is 11. The van der Waals surface area contributed by atoms with Gasteiger partial charge in [-0.1, -0.05) is 41.9 Å². The summed E-state index contributed by atoms with van der Waals surface area (Å²) in [6.45, 7) is 4.59. The zero-order valence-corrected chi connectivity index (χ0v) is 26.5. The molecular weight excluding hydrogens is 624 g/mol. The first-order chi connectivity index (χ1) is 23.0. The number of nitrogens with zero attached hydrogens (tertiary/aromatic N) is 3. The number of benzene rings is 3. The van der Waals surface area contributed by atoms with Crippen molar-refractivity contribution in [3.8, 4) is 17.2 Å². The van der Waals surface area contributed by atoms with Crippen LogP contribution in [0.1, 0.15) is 11.1 Å². The van der Waals surface area contributed by atoms with E-state index in [1.165, 1.54) is 6.08 Å². The van der Waals surface area contributed by atoms with Crippen molar-refractivity contribution < 1.29 is 28.5 Å². The summed E-state index contributed by atoms with van der Waals surface area (Å²) in [5.74, 6) is 1.78. The first-order valence-electron chi connectivity index (χ1n) is 14.9. The second-order valence-corrected chi connectivity index (χ2v) is 10.7. The number of rotatable bonds is 15. The summed E-state index contributed by atoms with van der Waals surface area (Å²) >= 11 is 6.51. The molecule has 1 fully saturated rings. The van der Waals surface area contributed by atoms with Gasteiger partial charge in [-0.25, -0.2) is 4.98 Å². The molecule has 4 aromatic rings. The van der Waals surface area contributed by atoms with E-state index < -0.39 is 5.91 Å². The fourth-order valence-electron chi connectivity index (χ4n) is 4.67. The lowest BCUT2D eigenvalue weighted by molar-refractivity contribution is -0.121. The number of nitrogens with one attached hydrogen (secondary N) is 3.